The van der Waals surface area contributed by atoms with Crippen LogP contribution in [0.5, 0.6) is 0 Å². The van der Waals surface area contributed by atoms with Crippen LogP contribution in [-0.4, -0.2) is 38.7 Å². The Morgan fingerprint density at radius 3 is 2.40 bits per heavy atom. The summed E-state index contributed by atoms with van der Waals surface area (Å²) in [4.78, 5) is 38.3. The number of benzene rings is 1. The van der Waals surface area contributed by atoms with Crippen LogP contribution in [-0.2, 0) is 14.3 Å². The lowest BCUT2D eigenvalue weighted by Crippen LogP contribution is -2.37. The van der Waals surface area contributed by atoms with Crippen LogP contribution in [0, 0.1) is 17.4 Å². The Kier molecular flexibility index (Phi) is 6.47. The number of amides is 2. The van der Waals surface area contributed by atoms with Crippen LogP contribution >= 0.6 is 34.4 Å². The molecule has 1 saturated heterocycles. The molecule has 1 aliphatic rings. The average Bonchev–Trinajstić information content (AvgIpc) is 3.05. The Morgan fingerprint density at radius 1 is 1.17 bits per heavy atom. The number of nitrogens with zero attached hydrogens (tertiary/aromatic N) is 2. The number of aromatic nitrogens is 1. The van der Waals surface area contributed by atoms with E-state index in [1.165, 1.54) is 0 Å². The van der Waals surface area contributed by atoms with E-state index in [9.17, 15) is 14.4 Å². The molecule has 3 rings (SSSR count). The molecule has 2 amide bonds. The van der Waals surface area contributed by atoms with Crippen LogP contribution in [0.4, 0.5) is 4.79 Å². The van der Waals surface area contributed by atoms with Crippen LogP contribution in [0.3, 0.4) is 0 Å². The number of aryl methyl sites for hydroxylation is 1. The van der Waals surface area contributed by atoms with Crippen LogP contribution in [0.25, 0.3) is 11.8 Å². The van der Waals surface area contributed by atoms with Crippen LogP contribution in [0.2, 0.25) is 0 Å². The second-order valence-electron chi connectivity index (χ2n) is 7.99. The number of halogens is 1. The fourth-order valence-electron chi connectivity index (χ4n) is 3.20. The Hall–Kier alpha value is -2.07. The largest absolute Gasteiger partial charge is 0.459 e. The van der Waals surface area contributed by atoms with Gasteiger partial charge in [0.25, 0.3) is 11.1 Å². The normalized spacial score (nSPS) is 15.9. The molecule has 8 heteroatoms. The lowest BCUT2D eigenvalue weighted by molar-refractivity contribution is -0.156. The van der Waals surface area contributed by atoms with Gasteiger partial charge in [-0.2, -0.15) is 0 Å². The van der Waals surface area contributed by atoms with Crippen LogP contribution in [0.1, 0.15) is 37.7 Å². The van der Waals surface area contributed by atoms with Gasteiger partial charge in [-0.05, 0) is 111 Å². The molecule has 6 nitrogen and oxygen atoms in total. The smallest absolute Gasteiger partial charge is 0.326 e. The average molecular weight is 538 g/mol. The first kappa shape index (κ1) is 22.6. The third-order valence-electron chi connectivity index (χ3n) is 4.42. The SMILES string of the molecule is Cc1cc(C=C2SC(=O)N(CC(=O)OC(C)(C)C)C2=O)c(C)n1-c1ccc(I)cc1. The molecular weight excluding hydrogens is 515 g/mol. The zero-order valence-corrected chi connectivity index (χ0v) is 20.5. The van der Waals surface area contributed by atoms with Crippen molar-refractivity contribution in [1.29, 1.82) is 0 Å². The van der Waals surface area contributed by atoms with E-state index in [0.29, 0.717) is 4.91 Å². The second kappa shape index (κ2) is 8.58. The maximum atomic E-state index is 12.7. The van der Waals surface area contributed by atoms with Gasteiger partial charge < -0.3 is 9.30 Å². The van der Waals surface area contributed by atoms with Crippen molar-refractivity contribution in [3.63, 3.8) is 0 Å². The molecule has 1 aliphatic heterocycles. The number of rotatable bonds is 4. The minimum absolute atomic E-state index is 0.298. The maximum absolute atomic E-state index is 12.7. The molecule has 0 atom stereocenters. The monoisotopic (exact) mass is 538 g/mol. The highest BCUT2D eigenvalue weighted by Gasteiger charge is 2.37. The van der Waals surface area contributed by atoms with E-state index in [2.05, 4.69) is 27.2 Å². The maximum Gasteiger partial charge on any atom is 0.326 e. The van der Waals surface area contributed by atoms with Crippen molar-refractivity contribution in [3.05, 3.63) is 55.8 Å². The first-order valence-corrected chi connectivity index (χ1v) is 11.3. The Bertz CT molecular complexity index is 1050. The molecule has 30 heavy (non-hydrogen) atoms. The first-order chi connectivity index (χ1) is 14.0. The minimum Gasteiger partial charge on any atom is -0.459 e. The topological polar surface area (TPSA) is 68.6 Å². The van der Waals surface area contributed by atoms with Gasteiger partial charge in [-0.1, -0.05) is 0 Å². The summed E-state index contributed by atoms with van der Waals surface area (Å²) in [5.74, 6) is -1.09. The molecule has 158 valence electrons. The van der Waals surface area contributed by atoms with E-state index in [1.807, 2.05) is 44.2 Å². The van der Waals surface area contributed by atoms with Crippen molar-refractivity contribution in [2.75, 3.05) is 6.54 Å². The van der Waals surface area contributed by atoms with Crippen molar-refractivity contribution in [2.45, 2.75) is 40.2 Å². The molecule has 2 heterocycles. The summed E-state index contributed by atoms with van der Waals surface area (Å²) >= 11 is 3.10. The van der Waals surface area contributed by atoms with Crippen molar-refractivity contribution < 1.29 is 19.1 Å². The number of hydrogen-bond acceptors (Lipinski definition) is 5. The van der Waals surface area contributed by atoms with Gasteiger partial charge in [-0.3, -0.25) is 19.3 Å². The number of hydrogen-bond donors (Lipinski definition) is 0. The van der Waals surface area contributed by atoms with Gasteiger partial charge >= 0.3 is 5.97 Å². The van der Waals surface area contributed by atoms with E-state index in [1.54, 1.807) is 26.8 Å². The number of imide groups is 1. The molecule has 1 fully saturated rings. The highest BCUT2D eigenvalue weighted by molar-refractivity contribution is 14.1. The number of thioether (sulfide) groups is 1. The van der Waals surface area contributed by atoms with Gasteiger partial charge in [-0.25, -0.2) is 0 Å². The predicted octanol–water partition coefficient (Wildman–Crippen LogP) is 5.08. The molecule has 1 aromatic heterocycles. The fraction of sp³-hybridized carbons (Fsp3) is 0.318. The van der Waals surface area contributed by atoms with E-state index < -0.39 is 22.7 Å². The molecular formula is C22H23IN2O4S. The molecule has 1 aromatic carbocycles. The molecule has 0 bridgehead atoms. The first-order valence-electron chi connectivity index (χ1n) is 9.38. The summed E-state index contributed by atoms with van der Waals surface area (Å²) in [6, 6.07) is 10.1. The zero-order valence-electron chi connectivity index (χ0n) is 17.5. The van der Waals surface area contributed by atoms with E-state index in [-0.39, 0.29) is 6.54 Å². The molecule has 0 radical (unpaired) electrons. The van der Waals surface area contributed by atoms with E-state index >= 15 is 0 Å². The van der Waals surface area contributed by atoms with Crippen molar-refractivity contribution in [3.8, 4) is 5.69 Å². The standard InChI is InChI=1S/C22H23IN2O4S/c1-13-10-15(14(2)25(13)17-8-6-16(23)7-9-17)11-18-20(27)24(21(28)30-18)12-19(26)29-22(3,4)5/h6-11H,12H2,1-5H3. The Morgan fingerprint density at radius 2 is 1.80 bits per heavy atom. The minimum atomic E-state index is -0.679. The van der Waals surface area contributed by atoms with Gasteiger partial charge in [0.2, 0.25) is 0 Å². The lowest BCUT2D eigenvalue weighted by Gasteiger charge is -2.21. The van der Waals surface area contributed by atoms with E-state index in [0.717, 1.165) is 42.9 Å². The summed E-state index contributed by atoms with van der Waals surface area (Å²) < 4.78 is 8.48. The van der Waals surface area contributed by atoms with Crippen LogP contribution in [0.15, 0.2) is 35.2 Å². The molecule has 0 aliphatic carbocycles. The third kappa shape index (κ3) is 4.97. The van der Waals surface area contributed by atoms with Crippen molar-refractivity contribution in [1.82, 2.24) is 9.47 Å². The number of carbonyl (C=O) groups excluding carboxylic acids is 3. The molecule has 0 N–H and O–H groups in total. The fourth-order valence-corrected chi connectivity index (χ4v) is 4.39. The summed E-state index contributed by atoms with van der Waals surface area (Å²) in [7, 11) is 0. The van der Waals surface area contributed by atoms with Gasteiger partial charge in [0.15, 0.2) is 0 Å². The second-order valence-corrected chi connectivity index (χ2v) is 10.2. The Balaban J connectivity index is 1.85. The number of esters is 1. The van der Waals surface area contributed by atoms with Crippen molar-refractivity contribution >= 4 is 57.5 Å². The zero-order chi connectivity index (χ0) is 22.2. The molecule has 2 aromatic rings. The number of carbonyl (C=O) groups is 3. The summed E-state index contributed by atoms with van der Waals surface area (Å²) in [5, 5.41) is -0.469. The van der Waals surface area contributed by atoms with Crippen LogP contribution < -0.4 is 0 Å². The number of ether oxygens (including phenoxy) is 1. The summed E-state index contributed by atoms with van der Waals surface area (Å²) in [6.07, 6.45) is 1.71. The predicted molar refractivity (Wildman–Crippen MR) is 126 cm³/mol. The lowest BCUT2D eigenvalue weighted by atomic mass is 10.2. The van der Waals surface area contributed by atoms with Gasteiger partial charge in [0.1, 0.15) is 12.1 Å². The molecule has 0 saturated carbocycles. The quantitative estimate of drug-likeness (QED) is 0.309. The highest BCUT2D eigenvalue weighted by Crippen LogP contribution is 2.34. The summed E-state index contributed by atoms with van der Waals surface area (Å²) in [5.41, 5.74) is 3.19. The third-order valence-corrected chi connectivity index (χ3v) is 6.05. The van der Waals surface area contributed by atoms with Gasteiger partial charge in [-0.15, -0.1) is 0 Å². The molecule has 0 spiro atoms. The highest BCUT2D eigenvalue weighted by atomic mass is 127. The summed E-state index contributed by atoms with van der Waals surface area (Å²) in [6.45, 7) is 8.80. The van der Waals surface area contributed by atoms with Gasteiger partial charge in [0, 0.05) is 20.6 Å². The van der Waals surface area contributed by atoms with E-state index in [4.69, 9.17) is 4.74 Å². The van der Waals surface area contributed by atoms with Crippen molar-refractivity contribution in [2.24, 2.45) is 0 Å². The Labute approximate surface area is 193 Å². The van der Waals surface area contributed by atoms with Gasteiger partial charge in [0.05, 0.1) is 4.91 Å². The molecule has 0 unspecified atom stereocenters.